The zero-order valence-electron chi connectivity index (χ0n) is 12.6. The molecule has 0 unspecified atom stereocenters. The lowest BCUT2D eigenvalue weighted by Gasteiger charge is -2.14. The van der Waals surface area contributed by atoms with Gasteiger partial charge >= 0.3 is 6.18 Å². The van der Waals surface area contributed by atoms with Gasteiger partial charge in [0.15, 0.2) is 9.84 Å². The van der Waals surface area contributed by atoms with Crippen LogP contribution in [-0.4, -0.2) is 50.3 Å². The van der Waals surface area contributed by atoms with Crippen molar-refractivity contribution in [3.8, 4) is 0 Å². The fraction of sp³-hybridized carbons (Fsp3) is 0.500. The van der Waals surface area contributed by atoms with Crippen molar-refractivity contribution < 1.29 is 26.4 Å². The molecular weight excluding hydrogens is 365 g/mol. The molecule has 1 heterocycles. The fourth-order valence-electron chi connectivity index (χ4n) is 2.26. The Hall–Kier alpha value is -1.42. The lowest BCUT2D eigenvalue weighted by atomic mass is 10.2. The highest BCUT2D eigenvalue weighted by atomic mass is 32.2. The Kier molecular flexibility index (Phi) is 6.02. The Bertz CT molecular complexity index is 693. The first-order valence-corrected chi connectivity index (χ1v) is 9.97. The van der Waals surface area contributed by atoms with Gasteiger partial charge in [0.25, 0.3) is 0 Å². The molecule has 1 fully saturated rings. The van der Waals surface area contributed by atoms with Gasteiger partial charge in [0.2, 0.25) is 5.91 Å². The maximum absolute atomic E-state index is 12.3. The molecule has 1 aromatic carbocycles. The predicted molar refractivity (Wildman–Crippen MR) is 86.9 cm³/mol. The molecule has 5 nitrogen and oxygen atoms in total. The van der Waals surface area contributed by atoms with Gasteiger partial charge in [0.05, 0.1) is 23.8 Å². The van der Waals surface area contributed by atoms with Crippen LogP contribution in [0.2, 0.25) is 0 Å². The number of carbonyl (C=O) groups excluding carboxylic acids is 1. The summed E-state index contributed by atoms with van der Waals surface area (Å²) in [7, 11) is -3.08. The van der Waals surface area contributed by atoms with Crippen LogP contribution in [-0.2, 0) is 14.6 Å². The molecule has 0 saturated carbocycles. The normalized spacial score (nSPS) is 19.9. The lowest BCUT2D eigenvalue weighted by molar-refractivity contribution is -0.120. The zero-order valence-corrected chi connectivity index (χ0v) is 14.2. The third-order valence-corrected chi connectivity index (χ3v) is 6.22. The third-order valence-electron chi connectivity index (χ3n) is 3.32. The summed E-state index contributed by atoms with van der Waals surface area (Å²) < 4.78 is 59.6. The number of nitrogens with one attached hydrogen (secondary N) is 2. The van der Waals surface area contributed by atoms with Crippen LogP contribution < -0.4 is 10.6 Å². The van der Waals surface area contributed by atoms with Gasteiger partial charge < -0.3 is 10.6 Å². The Labute approximate surface area is 142 Å². The van der Waals surface area contributed by atoms with Crippen LogP contribution in [0, 0.1) is 0 Å². The molecule has 1 amide bonds. The molecule has 24 heavy (non-hydrogen) atoms. The molecule has 0 bridgehead atoms. The Morgan fingerprint density at radius 1 is 1.29 bits per heavy atom. The van der Waals surface area contributed by atoms with Crippen LogP contribution in [0.3, 0.4) is 0 Å². The van der Waals surface area contributed by atoms with E-state index in [2.05, 4.69) is 10.6 Å². The minimum absolute atomic E-state index is 0.0578. The van der Waals surface area contributed by atoms with Gasteiger partial charge in [-0.25, -0.2) is 8.42 Å². The van der Waals surface area contributed by atoms with Gasteiger partial charge in [-0.15, -0.1) is 11.8 Å². The maximum atomic E-state index is 12.3. The number of hydrogen-bond acceptors (Lipinski definition) is 5. The summed E-state index contributed by atoms with van der Waals surface area (Å²) in [6.45, 7) is -0.139. The van der Waals surface area contributed by atoms with E-state index in [1.165, 1.54) is 0 Å². The van der Waals surface area contributed by atoms with E-state index in [0.717, 1.165) is 0 Å². The van der Waals surface area contributed by atoms with Gasteiger partial charge in [-0.05, 0) is 18.6 Å². The summed E-state index contributed by atoms with van der Waals surface area (Å²) in [5, 5.41) is 5.41. The van der Waals surface area contributed by atoms with E-state index in [4.69, 9.17) is 0 Å². The summed E-state index contributed by atoms with van der Waals surface area (Å²) in [6.07, 6.45) is -3.89. The highest BCUT2D eigenvalue weighted by Crippen LogP contribution is 2.31. The number of carbonyl (C=O) groups is 1. The smallest absolute Gasteiger partial charge is 0.375 e. The van der Waals surface area contributed by atoms with Crippen LogP contribution in [0.25, 0.3) is 0 Å². The number of para-hydroxylation sites is 1. The molecule has 1 atom stereocenters. The number of thioether (sulfide) groups is 1. The van der Waals surface area contributed by atoms with Crippen molar-refractivity contribution in [2.45, 2.75) is 23.5 Å². The summed E-state index contributed by atoms with van der Waals surface area (Å²) in [5.41, 5.74) is 0.431. The third kappa shape index (κ3) is 6.23. The molecule has 134 valence electrons. The topological polar surface area (TPSA) is 75.3 Å². The van der Waals surface area contributed by atoms with E-state index in [-0.39, 0.29) is 18.1 Å². The number of anilines is 1. The summed E-state index contributed by atoms with van der Waals surface area (Å²) >= 11 is 0.640. The molecule has 1 saturated heterocycles. The van der Waals surface area contributed by atoms with Crippen molar-refractivity contribution >= 4 is 33.2 Å². The number of hydrogen-bond donors (Lipinski definition) is 2. The molecule has 1 aliphatic heterocycles. The monoisotopic (exact) mass is 382 g/mol. The van der Waals surface area contributed by atoms with Crippen LogP contribution in [0.5, 0.6) is 0 Å². The van der Waals surface area contributed by atoms with Crippen LogP contribution in [0.4, 0.5) is 18.9 Å². The highest BCUT2D eigenvalue weighted by molar-refractivity contribution is 7.99. The first-order valence-electron chi connectivity index (χ1n) is 7.17. The second kappa shape index (κ2) is 7.64. The fourth-order valence-corrected chi connectivity index (χ4v) is 4.72. The van der Waals surface area contributed by atoms with Crippen molar-refractivity contribution in [3.05, 3.63) is 24.3 Å². The number of rotatable bonds is 6. The molecule has 0 aromatic heterocycles. The van der Waals surface area contributed by atoms with E-state index in [0.29, 0.717) is 28.8 Å². The highest BCUT2D eigenvalue weighted by Gasteiger charge is 2.29. The van der Waals surface area contributed by atoms with E-state index in [1.807, 2.05) is 0 Å². The lowest BCUT2D eigenvalue weighted by Crippen LogP contribution is -2.39. The molecule has 2 N–H and O–H groups in total. The van der Waals surface area contributed by atoms with Crippen molar-refractivity contribution in [2.24, 2.45) is 0 Å². The van der Waals surface area contributed by atoms with Crippen molar-refractivity contribution in [2.75, 3.05) is 29.1 Å². The quantitative estimate of drug-likeness (QED) is 0.737. The van der Waals surface area contributed by atoms with E-state index in [1.54, 1.807) is 24.3 Å². The van der Waals surface area contributed by atoms with Gasteiger partial charge in [-0.2, -0.15) is 13.2 Å². The second-order valence-electron chi connectivity index (χ2n) is 5.42. The van der Waals surface area contributed by atoms with Crippen molar-refractivity contribution in [3.63, 3.8) is 0 Å². The molecule has 0 spiro atoms. The van der Waals surface area contributed by atoms with Gasteiger partial charge in [-0.1, -0.05) is 12.1 Å². The van der Waals surface area contributed by atoms with Crippen LogP contribution in [0.1, 0.15) is 6.42 Å². The molecule has 0 aliphatic carbocycles. The second-order valence-corrected chi connectivity index (χ2v) is 8.67. The Morgan fingerprint density at radius 3 is 2.62 bits per heavy atom. The Morgan fingerprint density at radius 2 is 2.00 bits per heavy atom. The average Bonchev–Trinajstić information content (AvgIpc) is 2.82. The van der Waals surface area contributed by atoms with Crippen LogP contribution >= 0.6 is 11.8 Å². The number of sulfone groups is 1. The van der Waals surface area contributed by atoms with Gasteiger partial charge in [-0.3, -0.25) is 4.79 Å². The predicted octanol–water partition coefficient (Wildman–Crippen LogP) is 2.06. The van der Waals surface area contributed by atoms with Crippen molar-refractivity contribution in [1.29, 1.82) is 0 Å². The molecule has 10 heteroatoms. The first-order chi connectivity index (χ1) is 11.1. The SMILES string of the molecule is O=C(CNc1ccccc1SCC(F)(F)F)N[C@@H]1CCS(=O)(=O)C1. The van der Waals surface area contributed by atoms with Gasteiger partial charge in [0, 0.05) is 16.6 Å². The molecular formula is C14H17F3N2O3S2. The largest absolute Gasteiger partial charge is 0.398 e. The summed E-state index contributed by atoms with van der Waals surface area (Å²) in [4.78, 5) is 12.3. The van der Waals surface area contributed by atoms with E-state index < -0.39 is 33.7 Å². The number of amides is 1. The average molecular weight is 382 g/mol. The zero-order chi connectivity index (χ0) is 17.8. The molecule has 1 aliphatic rings. The molecule has 1 aromatic rings. The number of alkyl halides is 3. The maximum Gasteiger partial charge on any atom is 0.398 e. The van der Waals surface area contributed by atoms with E-state index >= 15 is 0 Å². The van der Waals surface area contributed by atoms with Crippen molar-refractivity contribution in [1.82, 2.24) is 5.32 Å². The standard InChI is InChI=1S/C14H17F3N2O3S2/c15-14(16,17)9-23-12-4-2-1-3-11(12)18-7-13(20)19-10-5-6-24(21,22)8-10/h1-4,10,18H,5-9H2,(H,19,20)/t10-/m1/s1. The minimum atomic E-state index is -4.27. The first kappa shape index (κ1) is 18.9. The summed E-state index contributed by atoms with van der Waals surface area (Å²) in [6, 6.07) is 6.00. The van der Waals surface area contributed by atoms with E-state index in [9.17, 15) is 26.4 Å². The minimum Gasteiger partial charge on any atom is -0.375 e. The molecule has 2 rings (SSSR count). The summed E-state index contributed by atoms with van der Waals surface area (Å²) in [5.74, 6) is -1.43. The van der Waals surface area contributed by atoms with Crippen LogP contribution in [0.15, 0.2) is 29.2 Å². The number of halogens is 3. The van der Waals surface area contributed by atoms with Gasteiger partial charge in [0.1, 0.15) is 0 Å². The Balaban J connectivity index is 1.86. The number of benzene rings is 1. The molecule has 0 radical (unpaired) electrons.